The van der Waals surface area contributed by atoms with Crippen LogP contribution in [0.15, 0.2) is 73.4 Å². The number of imidazole rings is 1. The van der Waals surface area contributed by atoms with Gasteiger partial charge >= 0.3 is 0 Å². The molecule has 6 amide bonds. The zero-order chi connectivity index (χ0) is 45.1. The van der Waals surface area contributed by atoms with E-state index < -0.39 is 48.7 Å². The number of fused-ring (bicyclic) bond motifs is 2. The lowest BCUT2D eigenvalue weighted by molar-refractivity contribution is -0.143. The van der Waals surface area contributed by atoms with Gasteiger partial charge in [0.25, 0.3) is 0 Å². The molecule has 3 heterocycles. The van der Waals surface area contributed by atoms with Gasteiger partial charge in [0.05, 0.1) is 45.1 Å². The van der Waals surface area contributed by atoms with E-state index in [2.05, 4.69) is 43.2 Å². The number of aromatic amines is 3. The fraction of sp³-hybridized carbons (Fsp3) is 0.432. The number of carbonyl (C=O) groups excluding carboxylic acids is 6. The highest BCUT2D eigenvalue weighted by Crippen LogP contribution is 2.20. The summed E-state index contributed by atoms with van der Waals surface area (Å²) in [5, 5.41) is 7.35. The van der Waals surface area contributed by atoms with E-state index in [0.717, 1.165) is 32.9 Å². The highest BCUT2D eigenvalue weighted by molar-refractivity contribution is 7.80. The first-order valence-electron chi connectivity index (χ1n) is 21.3. The SMILES string of the molecule is CCCN(CC(=O)NCCS)C(=O)CN(CCc1c[nH]c2ccccc12)C(=O)CNC(=O)CN(CCCN)C(=O)CN(CCc1c[nH]c2ccccc12)C(=O)C(N)Cc1cnc[nH]1. The number of nitrogens with zero attached hydrogens (tertiary/aromatic N) is 5. The Morgan fingerprint density at radius 1 is 0.714 bits per heavy atom. The van der Waals surface area contributed by atoms with Crippen molar-refractivity contribution >= 4 is 69.9 Å². The Labute approximate surface area is 372 Å². The summed E-state index contributed by atoms with van der Waals surface area (Å²) in [5.41, 5.74) is 16.7. The maximum atomic E-state index is 14.0. The Balaban J connectivity index is 1.26. The highest BCUT2D eigenvalue weighted by atomic mass is 32.1. The second-order valence-electron chi connectivity index (χ2n) is 15.3. The van der Waals surface area contributed by atoms with E-state index in [9.17, 15) is 28.8 Å². The number of hydrogen-bond acceptors (Lipinski definition) is 10. The van der Waals surface area contributed by atoms with Crippen LogP contribution in [-0.4, -0.2) is 159 Å². The molecule has 18 nitrogen and oxygen atoms in total. The maximum Gasteiger partial charge on any atom is 0.242 e. The quantitative estimate of drug-likeness (QED) is 0.0368. The van der Waals surface area contributed by atoms with E-state index in [1.165, 1.54) is 25.9 Å². The Bertz CT molecular complexity index is 2280. The lowest BCUT2D eigenvalue weighted by Crippen LogP contribution is -2.52. The molecule has 0 spiro atoms. The van der Waals surface area contributed by atoms with Crippen LogP contribution >= 0.6 is 12.6 Å². The number of carbonyl (C=O) groups is 6. The van der Waals surface area contributed by atoms with E-state index in [1.807, 2.05) is 67.8 Å². The van der Waals surface area contributed by atoms with Crippen molar-refractivity contribution in [3.05, 3.63) is 90.3 Å². The Morgan fingerprint density at radius 2 is 1.27 bits per heavy atom. The average molecular weight is 885 g/mol. The number of hydrogen-bond donors (Lipinski definition) is 8. The molecule has 5 aromatic rings. The molecular formula is C44H60N12O6S. The van der Waals surface area contributed by atoms with Crippen molar-refractivity contribution in [3.8, 4) is 0 Å². The second-order valence-corrected chi connectivity index (χ2v) is 15.8. The smallest absolute Gasteiger partial charge is 0.242 e. The van der Waals surface area contributed by atoms with E-state index in [4.69, 9.17) is 11.5 Å². The van der Waals surface area contributed by atoms with Gasteiger partial charge in [-0.3, -0.25) is 28.8 Å². The Hall–Kier alpha value is -6.18. The van der Waals surface area contributed by atoms with Crippen molar-refractivity contribution in [2.24, 2.45) is 11.5 Å². The second kappa shape index (κ2) is 24.5. The number of thiol groups is 1. The van der Waals surface area contributed by atoms with Gasteiger partial charge in [-0.25, -0.2) is 4.98 Å². The van der Waals surface area contributed by atoms with Crippen molar-refractivity contribution in [2.75, 3.05) is 77.7 Å². The van der Waals surface area contributed by atoms with Crippen LogP contribution < -0.4 is 22.1 Å². The molecule has 0 aliphatic carbocycles. The van der Waals surface area contributed by atoms with Gasteiger partial charge in [0, 0.05) is 91.0 Å². The van der Waals surface area contributed by atoms with Crippen LogP contribution in [0.2, 0.25) is 0 Å². The summed E-state index contributed by atoms with van der Waals surface area (Å²) in [7, 11) is 0. The van der Waals surface area contributed by atoms with E-state index in [0.29, 0.717) is 50.2 Å². The molecule has 9 N–H and O–H groups in total. The van der Waals surface area contributed by atoms with Gasteiger partial charge in [-0.15, -0.1) is 0 Å². The Morgan fingerprint density at radius 3 is 1.84 bits per heavy atom. The Kier molecular flexibility index (Phi) is 18.6. The average Bonchev–Trinajstić information content (AvgIpc) is 4.06. The van der Waals surface area contributed by atoms with Gasteiger partial charge in [-0.2, -0.15) is 12.6 Å². The number of para-hydroxylation sites is 2. The molecule has 0 fully saturated rings. The van der Waals surface area contributed by atoms with Crippen molar-refractivity contribution in [1.82, 2.24) is 50.2 Å². The molecule has 0 aliphatic heterocycles. The van der Waals surface area contributed by atoms with Crippen LogP contribution in [0.25, 0.3) is 21.8 Å². The number of amides is 6. The number of nitrogens with one attached hydrogen (secondary N) is 5. The molecule has 19 heteroatoms. The van der Waals surface area contributed by atoms with Gasteiger partial charge in [0.2, 0.25) is 35.4 Å². The number of nitrogens with two attached hydrogens (primary N) is 2. The minimum absolute atomic E-state index is 0.126. The van der Waals surface area contributed by atoms with E-state index in [1.54, 1.807) is 6.20 Å². The van der Waals surface area contributed by atoms with Gasteiger partial charge in [0.1, 0.15) is 0 Å². The summed E-state index contributed by atoms with van der Waals surface area (Å²) in [6.45, 7) is 1.56. The number of rotatable bonds is 26. The van der Waals surface area contributed by atoms with Gasteiger partial charge in [-0.05, 0) is 55.5 Å². The van der Waals surface area contributed by atoms with Crippen LogP contribution in [-0.2, 0) is 48.0 Å². The largest absolute Gasteiger partial charge is 0.361 e. The molecule has 0 aliphatic rings. The first-order chi connectivity index (χ1) is 30.5. The van der Waals surface area contributed by atoms with Crippen molar-refractivity contribution in [1.29, 1.82) is 0 Å². The third-order valence-corrected chi connectivity index (χ3v) is 10.9. The molecule has 2 aromatic carbocycles. The summed E-state index contributed by atoms with van der Waals surface area (Å²) in [5.74, 6) is -2.37. The van der Waals surface area contributed by atoms with Gasteiger partial charge in [0.15, 0.2) is 0 Å². The topological polar surface area (TPSA) is 252 Å². The van der Waals surface area contributed by atoms with Crippen LogP contribution in [0.1, 0.15) is 36.6 Å². The lowest BCUT2D eigenvalue weighted by Gasteiger charge is -2.29. The van der Waals surface area contributed by atoms with E-state index >= 15 is 0 Å². The summed E-state index contributed by atoms with van der Waals surface area (Å²) in [4.78, 5) is 100. The predicted octanol–water partition coefficient (Wildman–Crippen LogP) is 0.963. The van der Waals surface area contributed by atoms with Gasteiger partial charge < -0.3 is 56.7 Å². The molecular weight excluding hydrogens is 825 g/mol. The lowest BCUT2D eigenvalue weighted by atomic mass is 10.1. The van der Waals surface area contributed by atoms with Crippen molar-refractivity contribution in [2.45, 2.75) is 45.1 Å². The van der Waals surface area contributed by atoms with Crippen molar-refractivity contribution < 1.29 is 28.8 Å². The highest BCUT2D eigenvalue weighted by Gasteiger charge is 2.28. The monoisotopic (exact) mass is 884 g/mol. The summed E-state index contributed by atoms with van der Waals surface area (Å²) in [6.07, 6.45) is 8.83. The zero-order valence-corrected chi connectivity index (χ0v) is 36.7. The predicted molar refractivity (Wildman–Crippen MR) is 244 cm³/mol. The van der Waals surface area contributed by atoms with Crippen LogP contribution in [0.3, 0.4) is 0 Å². The molecule has 0 saturated heterocycles. The molecule has 3 aromatic heterocycles. The zero-order valence-electron chi connectivity index (χ0n) is 35.8. The standard InChI is InChI=1S/C44H60N12O6S/c1-2-16-53(26-39(57)48-15-20-63)42(60)28-55(18-12-31-22-49-37-10-5-3-8-34(31)37)41(59)25-51-40(58)27-54(17-7-14-45)43(61)29-56(44(62)36(46)21-33-24-47-30-52-33)19-13-32-23-50-38-11-6-4-9-35(32)38/h3-6,8-11,22-24,30,36,49-50,63H,2,7,12-21,25-29,45-46H2,1H3,(H,47,52)(H,48,57)(H,51,58). The first kappa shape index (κ1) is 47.9. The summed E-state index contributed by atoms with van der Waals surface area (Å²) >= 11 is 4.13. The minimum Gasteiger partial charge on any atom is -0.361 e. The first-order valence-corrected chi connectivity index (χ1v) is 21.9. The summed E-state index contributed by atoms with van der Waals surface area (Å²) in [6, 6.07) is 14.6. The number of aromatic nitrogens is 4. The van der Waals surface area contributed by atoms with Crippen molar-refractivity contribution in [3.63, 3.8) is 0 Å². The minimum atomic E-state index is -0.969. The number of benzene rings is 2. The summed E-state index contributed by atoms with van der Waals surface area (Å²) < 4.78 is 0. The van der Waals surface area contributed by atoms with Crippen LogP contribution in [0, 0.1) is 0 Å². The van der Waals surface area contributed by atoms with Gasteiger partial charge in [-0.1, -0.05) is 43.3 Å². The molecule has 5 rings (SSSR count). The number of H-pyrrole nitrogens is 3. The van der Waals surface area contributed by atoms with Crippen LogP contribution in [0.4, 0.5) is 0 Å². The normalized spacial score (nSPS) is 11.6. The fourth-order valence-corrected chi connectivity index (χ4v) is 7.42. The molecule has 63 heavy (non-hydrogen) atoms. The molecule has 0 saturated carbocycles. The molecule has 1 atom stereocenters. The van der Waals surface area contributed by atoms with E-state index in [-0.39, 0.29) is 58.1 Å². The molecule has 0 bridgehead atoms. The molecule has 0 radical (unpaired) electrons. The maximum absolute atomic E-state index is 14.0. The molecule has 338 valence electrons. The third-order valence-electron chi connectivity index (χ3n) is 10.7. The fourth-order valence-electron chi connectivity index (χ4n) is 7.30. The molecule has 1 unspecified atom stereocenters. The third kappa shape index (κ3) is 14.2. The van der Waals surface area contributed by atoms with Crippen LogP contribution in [0.5, 0.6) is 0 Å².